The minimum atomic E-state index is -4.54. The van der Waals surface area contributed by atoms with Gasteiger partial charge < -0.3 is 15.8 Å². The molecule has 156 valence electrons. The largest absolute Gasteiger partial charge is 0.467 e. The summed E-state index contributed by atoms with van der Waals surface area (Å²) >= 11 is 5.84. The van der Waals surface area contributed by atoms with E-state index in [0.29, 0.717) is 11.4 Å². The quantitative estimate of drug-likeness (QED) is 0.612. The first-order chi connectivity index (χ1) is 14.1. The van der Waals surface area contributed by atoms with Crippen LogP contribution in [-0.4, -0.2) is 39.4 Å². The van der Waals surface area contributed by atoms with Crippen LogP contribution >= 0.6 is 11.6 Å². The molecule has 0 radical (unpaired) electrons. The van der Waals surface area contributed by atoms with Gasteiger partial charge >= 0.3 is 6.18 Å². The fourth-order valence-electron chi connectivity index (χ4n) is 2.31. The second-order valence-corrected chi connectivity index (χ2v) is 6.33. The molecule has 30 heavy (non-hydrogen) atoms. The van der Waals surface area contributed by atoms with E-state index in [0.717, 1.165) is 12.3 Å². The third-order valence-corrected chi connectivity index (χ3v) is 3.94. The van der Waals surface area contributed by atoms with Gasteiger partial charge in [-0.25, -0.2) is 9.67 Å². The molecular weight excluding hydrogens is 427 g/mol. The molecular formula is C18H13ClF3N5O3. The fraction of sp³-hybridized carbons (Fsp3) is 0.111. The highest BCUT2D eigenvalue weighted by molar-refractivity contribution is 6.32. The predicted octanol–water partition coefficient (Wildman–Crippen LogP) is 3.21. The van der Waals surface area contributed by atoms with Crippen molar-refractivity contribution in [3.8, 4) is 11.6 Å². The number of nitrogens with one attached hydrogen (secondary N) is 1. The van der Waals surface area contributed by atoms with Crippen LogP contribution in [0.15, 0.2) is 48.8 Å². The molecule has 0 bridgehead atoms. The Labute approximate surface area is 172 Å². The van der Waals surface area contributed by atoms with Crippen molar-refractivity contribution in [2.45, 2.75) is 6.18 Å². The monoisotopic (exact) mass is 439 g/mol. The maximum atomic E-state index is 12.3. The normalized spacial score (nSPS) is 11.2. The van der Waals surface area contributed by atoms with Gasteiger partial charge in [-0.15, -0.1) is 0 Å². The Bertz CT molecular complexity index is 1080. The Morgan fingerprint density at radius 1 is 1.20 bits per heavy atom. The van der Waals surface area contributed by atoms with E-state index in [9.17, 15) is 22.8 Å². The third kappa shape index (κ3) is 5.26. The lowest BCUT2D eigenvalue weighted by atomic mass is 10.2. The Kier molecular flexibility index (Phi) is 5.92. The van der Waals surface area contributed by atoms with Crippen molar-refractivity contribution in [2.75, 3.05) is 11.9 Å². The standard InChI is InChI=1S/C18H13ClF3N5O3/c19-13-7-10(8-24-17(13)30-9-18(20,21)22)16(29)25-11-1-3-12(4-2-11)27-6-5-14(26-27)15(23)28/h1-8H,9H2,(H2,23,28)(H,25,29). The van der Waals surface area contributed by atoms with Gasteiger partial charge in [-0.1, -0.05) is 11.6 Å². The van der Waals surface area contributed by atoms with E-state index in [1.165, 1.54) is 10.7 Å². The molecule has 8 nitrogen and oxygen atoms in total. The highest BCUT2D eigenvalue weighted by Gasteiger charge is 2.29. The number of aromatic nitrogens is 3. The molecule has 3 aromatic rings. The Balaban J connectivity index is 1.66. The number of rotatable bonds is 6. The molecule has 2 amide bonds. The number of nitrogens with zero attached hydrogens (tertiary/aromatic N) is 3. The number of benzene rings is 1. The Morgan fingerprint density at radius 3 is 2.47 bits per heavy atom. The summed E-state index contributed by atoms with van der Waals surface area (Å²) in [7, 11) is 0. The first-order valence-corrected chi connectivity index (χ1v) is 8.62. The van der Waals surface area contributed by atoms with Gasteiger partial charge in [0.05, 0.1) is 11.3 Å². The van der Waals surface area contributed by atoms with Crippen molar-refractivity contribution < 1.29 is 27.5 Å². The average Bonchev–Trinajstić information content (AvgIpc) is 3.17. The minimum Gasteiger partial charge on any atom is -0.467 e. The number of pyridine rings is 1. The molecule has 2 aromatic heterocycles. The van der Waals surface area contributed by atoms with Crippen LogP contribution in [0.25, 0.3) is 5.69 Å². The molecule has 3 rings (SSSR count). The van der Waals surface area contributed by atoms with Crippen molar-refractivity contribution in [3.63, 3.8) is 0 Å². The number of ether oxygens (including phenoxy) is 1. The summed E-state index contributed by atoms with van der Waals surface area (Å²) < 4.78 is 42.6. The number of hydrogen-bond donors (Lipinski definition) is 2. The number of carbonyl (C=O) groups is 2. The number of nitrogens with two attached hydrogens (primary N) is 1. The average molecular weight is 440 g/mol. The molecule has 0 aliphatic rings. The van der Waals surface area contributed by atoms with Crippen LogP contribution in [-0.2, 0) is 0 Å². The smallest absolute Gasteiger partial charge is 0.422 e. The Hall–Kier alpha value is -3.60. The molecule has 0 saturated carbocycles. The summed E-state index contributed by atoms with van der Waals surface area (Å²) in [6.45, 7) is -1.55. The number of carbonyl (C=O) groups excluding carboxylic acids is 2. The fourth-order valence-corrected chi connectivity index (χ4v) is 2.53. The zero-order valence-electron chi connectivity index (χ0n) is 15.0. The van der Waals surface area contributed by atoms with Gasteiger partial charge in [0.1, 0.15) is 10.7 Å². The molecule has 1 aromatic carbocycles. The van der Waals surface area contributed by atoms with Gasteiger partial charge in [-0.3, -0.25) is 9.59 Å². The number of anilines is 1. The summed E-state index contributed by atoms with van der Waals surface area (Å²) in [4.78, 5) is 27.1. The van der Waals surface area contributed by atoms with Gasteiger partial charge in [0.2, 0.25) is 5.88 Å². The summed E-state index contributed by atoms with van der Waals surface area (Å²) in [5, 5.41) is 6.39. The highest BCUT2D eigenvalue weighted by atomic mass is 35.5. The molecule has 0 unspecified atom stereocenters. The van der Waals surface area contributed by atoms with Crippen molar-refractivity contribution in [2.24, 2.45) is 5.73 Å². The van der Waals surface area contributed by atoms with Crippen LogP contribution in [0.5, 0.6) is 5.88 Å². The first-order valence-electron chi connectivity index (χ1n) is 8.25. The summed E-state index contributed by atoms with van der Waals surface area (Å²) in [6.07, 6.45) is -1.93. The van der Waals surface area contributed by atoms with Gasteiger partial charge in [0.15, 0.2) is 6.61 Å². The van der Waals surface area contributed by atoms with Gasteiger partial charge in [0.25, 0.3) is 11.8 Å². The third-order valence-electron chi connectivity index (χ3n) is 3.67. The molecule has 0 spiro atoms. The van der Waals surface area contributed by atoms with Crippen LogP contribution in [0.4, 0.5) is 18.9 Å². The Morgan fingerprint density at radius 2 is 1.90 bits per heavy atom. The first kappa shape index (κ1) is 21.1. The number of primary amides is 1. The van der Waals surface area contributed by atoms with Crippen molar-refractivity contribution in [1.82, 2.24) is 14.8 Å². The zero-order valence-corrected chi connectivity index (χ0v) is 15.7. The molecule has 0 fully saturated rings. The van der Waals surface area contributed by atoms with E-state index in [1.54, 1.807) is 30.5 Å². The van der Waals surface area contributed by atoms with Crippen LogP contribution in [0.2, 0.25) is 5.02 Å². The topological polar surface area (TPSA) is 112 Å². The number of hydrogen-bond acceptors (Lipinski definition) is 5. The van der Waals surface area contributed by atoms with E-state index in [-0.39, 0.29) is 16.3 Å². The van der Waals surface area contributed by atoms with Gasteiger partial charge in [0, 0.05) is 18.1 Å². The molecule has 12 heteroatoms. The van der Waals surface area contributed by atoms with Gasteiger partial charge in [-0.2, -0.15) is 18.3 Å². The van der Waals surface area contributed by atoms with Crippen LogP contribution < -0.4 is 15.8 Å². The van der Waals surface area contributed by atoms with Crippen molar-refractivity contribution in [3.05, 3.63) is 65.1 Å². The second-order valence-electron chi connectivity index (χ2n) is 5.93. The zero-order chi connectivity index (χ0) is 21.9. The summed E-state index contributed by atoms with van der Waals surface area (Å²) in [6, 6.07) is 9.10. The summed E-state index contributed by atoms with van der Waals surface area (Å²) in [5.74, 6) is -1.65. The lowest BCUT2D eigenvalue weighted by Crippen LogP contribution is -2.20. The molecule has 3 N–H and O–H groups in total. The predicted molar refractivity (Wildman–Crippen MR) is 101 cm³/mol. The molecule has 0 aliphatic heterocycles. The van der Waals surface area contributed by atoms with E-state index in [1.807, 2.05) is 0 Å². The molecule has 0 saturated heterocycles. The number of alkyl halides is 3. The minimum absolute atomic E-state index is 0.0293. The van der Waals surface area contributed by atoms with Crippen LogP contribution in [0.3, 0.4) is 0 Å². The maximum absolute atomic E-state index is 12.3. The van der Waals surface area contributed by atoms with E-state index in [4.69, 9.17) is 17.3 Å². The SMILES string of the molecule is NC(=O)c1ccn(-c2ccc(NC(=O)c3cnc(OCC(F)(F)F)c(Cl)c3)cc2)n1. The second kappa shape index (κ2) is 8.41. The van der Waals surface area contributed by atoms with Crippen LogP contribution in [0.1, 0.15) is 20.8 Å². The van der Waals surface area contributed by atoms with Gasteiger partial charge in [-0.05, 0) is 36.4 Å². The van der Waals surface area contributed by atoms with Crippen molar-refractivity contribution in [1.29, 1.82) is 0 Å². The lowest BCUT2D eigenvalue weighted by Gasteiger charge is -2.11. The van der Waals surface area contributed by atoms with E-state index >= 15 is 0 Å². The summed E-state index contributed by atoms with van der Waals surface area (Å²) in [5.41, 5.74) is 6.35. The van der Waals surface area contributed by atoms with E-state index in [2.05, 4.69) is 20.1 Å². The molecule has 2 heterocycles. The number of halogens is 4. The number of amides is 2. The maximum Gasteiger partial charge on any atom is 0.422 e. The van der Waals surface area contributed by atoms with Crippen LogP contribution in [0, 0.1) is 0 Å². The van der Waals surface area contributed by atoms with Crippen molar-refractivity contribution >= 4 is 29.1 Å². The highest BCUT2D eigenvalue weighted by Crippen LogP contribution is 2.25. The van der Waals surface area contributed by atoms with E-state index < -0.39 is 30.5 Å². The molecule has 0 aliphatic carbocycles. The lowest BCUT2D eigenvalue weighted by molar-refractivity contribution is -0.154. The molecule has 0 atom stereocenters.